The Balaban J connectivity index is 3.63. The van der Waals surface area contributed by atoms with E-state index in [1.165, 1.54) is 0 Å². The summed E-state index contributed by atoms with van der Waals surface area (Å²) in [4.78, 5) is 0.161. The lowest BCUT2D eigenvalue weighted by molar-refractivity contribution is 0.836. The lowest BCUT2D eigenvalue weighted by Gasteiger charge is -2.08. The van der Waals surface area contributed by atoms with Crippen molar-refractivity contribution in [3.63, 3.8) is 0 Å². The minimum atomic E-state index is 0.0807. The summed E-state index contributed by atoms with van der Waals surface area (Å²) >= 11 is 6.57. The molecule has 0 bridgehead atoms. The highest BCUT2D eigenvalue weighted by molar-refractivity contribution is 9.12. The molecule has 54 valence electrons. The Labute approximate surface area is 77.1 Å². The van der Waals surface area contributed by atoms with Crippen LogP contribution in [0.1, 0.15) is 12.8 Å². The van der Waals surface area contributed by atoms with Crippen LogP contribution in [0.4, 0.5) is 0 Å². The van der Waals surface area contributed by atoms with Crippen molar-refractivity contribution >= 4 is 31.9 Å². The SMILES string of the molecule is N#CCC(Br)C(Br)CC#N. The van der Waals surface area contributed by atoms with E-state index in [2.05, 4.69) is 31.9 Å². The second kappa shape index (κ2) is 5.70. The predicted molar refractivity (Wildman–Crippen MR) is 45.9 cm³/mol. The average Bonchev–Trinajstić information content (AvgIpc) is 1.89. The van der Waals surface area contributed by atoms with E-state index >= 15 is 0 Å². The maximum atomic E-state index is 8.27. The van der Waals surface area contributed by atoms with Crippen LogP contribution in [-0.4, -0.2) is 9.65 Å². The van der Waals surface area contributed by atoms with Gasteiger partial charge in [-0.3, -0.25) is 0 Å². The molecule has 0 fully saturated rings. The highest BCUT2D eigenvalue weighted by atomic mass is 79.9. The van der Waals surface area contributed by atoms with Crippen LogP contribution in [0.5, 0.6) is 0 Å². The highest BCUT2D eigenvalue weighted by Crippen LogP contribution is 2.19. The average molecular weight is 266 g/mol. The molecule has 0 aromatic carbocycles. The molecular weight excluding hydrogens is 260 g/mol. The molecule has 0 radical (unpaired) electrons. The monoisotopic (exact) mass is 264 g/mol. The van der Waals surface area contributed by atoms with Gasteiger partial charge in [0.25, 0.3) is 0 Å². The zero-order chi connectivity index (χ0) is 7.98. The third-order valence-corrected chi connectivity index (χ3v) is 3.60. The van der Waals surface area contributed by atoms with E-state index in [1.54, 1.807) is 0 Å². The van der Waals surface area contributed by atoms with Crippen LogP contribution in [-0.2, 0) is 0 Å². The topological polar surface area (TPSA) is 47.6 Å². The number of halogens is 2. The van der Waals surface area contributed by atoms with Gasteiger partial charge in [0.2, 0.25) is 0 Å². The van der Waals surface area contributed by atoms with Gasteiger partial charge >= 0.3 is 0 Å². The van der Waals surface area contributed by atoms with Gasteiger partial charge in [0.15, 0.2) is 0 Å². The fourth-order valence-corrected chi connectivity index (χ4v) is 1.09. The molecule has 0 amide bonds. The summed E-state index contributed by atoms with van der Waals surface area (Å²) in [6.07, 6.45) is 0.856. The number of rotatable bonds is 3. The fourth-order valence-electron chi connectivity index (χ4n) is 0.430. The molecule has 0 aliphatic rings. The Bertz CT molecular complexity index is 148. The Kier molecular flexibility index (Phi) is 5.67. The third kappa shape index (κ3) is 3.87. The third-order valence-electron chi connectivity index (χ3n) is 0.965. The van der Waals surface area contributed by atoms with Gasteiger partial charge in [0.05, 0.1) is 12.1 Å². The summed E-state index contributed by atoms with van der Waals surface area (Å²) in [7, 11) is 0. The molecule has 0 aliphatic carbocycles. The molecule has 2 atom stereocenters. The summed E-state index contributed by atoms with van der Waals surface area (Å²) in [6, 6.07) is 4.04. The summed E-state index contributed by atoms with van der Waals surface area (Å²) in [5.41, 5.74) is 0. The van der Waals surface area contributed by atoms with Gasteiger partial charge in [-0.15, -0.1) is 0 Å². The van der Waals surface area contributed by atoms with Gasteiger partial charge in [0, 0.05) is 22.5 Å². The molecule has 0 spiro atoms. The largest absolute Gasteiger partial charge is 0.198 e. The predicted octanol–water partition coefficient (Wildman–Crippen LogP) is 2.34. The van der Waals surface area contributed by atoms with Crippen LogP contribution < -0.4 is 0 Å². The lowest BCUT2D eigenvalue weighted by Crippen LogP contribution is -2.11. The van der Waals surface area contributed by atoms with Gasteiger partial charge in [-0.1, -0.05) is 31.9 Å². The van der Waals surface area contributed by atoms with Crippen molar-refractivity contribution in [3.8, 4) is 12.1 Å². The standard InChI is InChI=1S/C6H6Br2N2/c7-5(1-3-9)6(8)2-4-10/h5-6H,1-2H2. The molecule has 10 heavy (non-hydrogen) atoms. The van der Waals surface area contributed by atoms with Crippen LogP contribution in [0.15, 0.2) is 0 Å². The van der Waals surface area contributed by atoms with Crippen molar-refractivity contribution in [1.82, 2.24) is 0 Å². The highest BCUT2D eigenvalue weighted by Gasteiger charge is 2.14. The smallest absolute Gasteiger partial charge is 0.0633 e. The van der Waals surface area contributed by atoms with Crippen molar-refractivity contribution in [2.24, 2.45) is 0 Å². The molecule has 0 saturated carbocycles. The maximum Gasteiger partial charge on any atom is 0.0633 e. The van der Waals surface area contributed by atoms with Crippen molar-refractivity contribution in [2.75, 3.05) is 0 Å². The van der Waals surface area contributed by atoms with Crippen molar-refractivity contribution < 1.29 is 0 Å². The normalized spacial score (nSPS) is 14.8. The van der Waals surface area contributed by atoms with E-state index in [0.717, 1.165) is 0 Å². The first kappa shape index (κ1) is 9.94. The molecule has 0 aromatic heterocycles. The van der Waals surface area contributed by atoms with Gasteiger partial charge in [-0.2, -0.15) is 10.5 Å². The van der Waals surface area contributed by atoms with Crippen molar-refractivity contribution in [1.29, 1.82) is 10.5 Å². The van der Waals surface area contributed by atoms with E-state index in [1.807, 2.05) is 12.1 Å². The molecule has 0 aliphatic heterocycles. The number of nitrogens with zero attached hydrogens (tertiary/aromatic N) is 2. The Hall–Kier alpha value is -0.0600. The first-order chi connectivity index (χ1) is 4.72. The van der Waals surface area contributed by atoms with Crippen molar-refractivity contribution in [3.05, 3.63) is 0 Å². The first-order valence-corrected chi connectivity index (χ1v) is 4.57. The van der Waals surface area contributed by atoms with Crippen LogP contribution in [0.3, 0.4) is 0 Å². The first-order valence-electron chi connectivity index (χ1n) is 2.74. The zero-order valence-electron chi connectivity index (χ0n) is 5.22. The Morgan fingerprint density at radius 1 is 1.00 bits per heavy atom. The number of alkyl halides is 2. The molecule has 4 heteroatoms. The van der Waals surface area contributed by atoms with Crippen LogP contribution in [0.25, 0.3) is 0 Å². The van der Waals surface area contributed by atoms with E-state index in [0.29, 0.717) is 12.8 Å². The van der Waals surface area contributed by atoms with Gasteiger partial charge in [0.1, 0.15) is 0 Å². The summed E-state index contributed by atoms with van der Waals surface area (Å²) in [5.74, 6) is 0. The molecule has 0 saturated heterocycles. The molecular formula is C6H6Br2N2. The van der Waals surface area contributed by atoms with E-state index in [9.17, 15) is 0 Å². The second-order valence-corrected chi connectivity index (χ2v) is 4.11. The number of hydrogen-bond acceptors (Lipinski definition) is 2. The van der Waals surface area contributed by atoms with Gasteiger partial charge in [-0.05, 0) is 0 Å². The molecule has 2 nitrogen and oxygen atoms in total. The minimum absolute atomic E-state index is 0.0807. The zero-order valence-corrected chi connectivity index (χ0v) is 8.39. The number of hydrogen-bond donors (Lipinski definition) is 0. The minimum Gasteiger partial charge on any atom is -0.198 e. The quantitative estimate of drug-likeness (QED) is 0.736. The van der Waals surface area contributed by atoms with Crippen LogP contribution in [0, 0.1) is 22.7 Å². The van der Waals surface area contributed by atoms with Gasteiger partial charge in [-0.25, -0.2) is 0 Å². The Morgan fingerprint density at radius 3 is 1.50 bits per heavy atom. The summed E-state index contributed by atoms with van der Waals surface area (Å²) in [5, 5.41) is 16.5. The van der Waals surface area contributed by atoms with Gasteiger partial charge < -0.3 is 0 Å². The van der Waals surface area contributed by atoms with Crippen molar-refractivity contribution in [2.45, 2.75) is 22.5 Å². The van der Waals surface area contributed by atoms with Crippen LogP contribution >= 0.6 is 31.9 Å². The molecule has 0 aromatic rings. The number of nitriles is 2. The second-order valence-electron chi connectivity index (χ2n) is 1.76. The molecule has 0 heterocycles. The van der Waals surface area contributed by atoms with E-state index < -0.39 is 0 Å². The fraction of sp³-hybridized carbons (Fsp3) is 0.667. The van der Waals surface area contributed by atoms with Crippen LogP contribution in [0.2, 0.25) is 0 Å². The van der Waals surface area contributed by atoms with E-state index in [-0.39, 0.29) is 9.65 Å². The summed E-state index contributed by atoms with van der Waals surface area (Å²) < 4.78 is 0. The molecule has 0 N–H and O–H groups in total. The summed E-state index contributed by atoms with van der Waals surface area (Å²) in [6.45, 7) is 0. The lowest BCUT2D eigenvalue weighted by atomic mass is 10.2. The molecule has 2 unspecified atom stereocenters. The Morgan fingerprint density at radius 2 is 1.30 bits per heavy atom. The maximum absolute atomic E-state index is 8.27. The van der Waals surface area contributed by atoms with E-state index in [4.69, 9.17) is 10.5 Å². The molecule has 0 rings (SSSR count).